The number of carbonyl (C=O) groups excluding carboxylic acids is 1. The van der Waals surface area contributed by atoms with Gasteiger partial charge in [-0.2, -0.15) is 5.26 Å². The van der Waals surface area contributed by atoms with Crippen LogP contribution < -0.4 is 5.32 Å². The van der Waals surface area contributed by atoms with Crippen molar-refractivity contribution in [2.24, 2.45) is 0 Å². The molecule has 1 atom stereocenters. The maximum atomic E-state index is 12.1. The van der Waals surface area contributed by atoms with E-state index in [1.54, 1.807) is 6.07 Å². The van der Waals surface area contributed by atoms with Gasteiger partial charge in [-0.25, -0.2) is 4.98 Å². The minimum atomic E-state index is -0.291. The van der Waals surface area contributed by atoms with Crippen LogP contribution in [0.2, 0.25) is 0 Å². The Balaban J connectivity index is 2.00. The summed E-state index contributed by atoms with van der Waals surface area (Å²) in [6.45, 7) is 0. The number of aromatic nitrogens is 1. The van der Waals surface area contributed by atoms with Gasteiger partial charge in [0.15, 0.2) is 0 Å². The van der Waals surface area contributed by atoms with Gasteiger partial charge in [-0.05, 0) is 24.1 Å². The Morgan fingerprint density at radius 1 is 1.29 bits per heavy atom. The Morgan fingerprint density at radius 3 is 2.62 bits per heavy atom. The van der Waals surface area contributed by atoms with E-state index < -0.39 is 0 Å². The molecule has 1 aromatic carbocycles. The lowest BCUT2D eigenvalue weighted by atomic mass is 10.1. The van der Waals surface area contributed by atoms with Crippen molar-refractivity contribution in [3.05, 3.63) is 65.5 Å². The van der Waals surface area contributed by atoms with Crippen molar-refractivity contribution in [3.8, 4) is 6.07 Å². The first-order chi connectivity index (χ1) is 10.2. The molecule has 1 unspecified atom stereocenters. The van der Waals surface area contributed by atoms with Gasteiger partial charge in [-0.3, -0.25) is 4.79 Å². The number of hydrogen-bond acceptors (Lipinski definition) is 3. The molecule has 1 heterocycles. The van der Waals surface area contributed by atoms with Crippen molar-refractivity contribution in [2.45, 2.75) is 12.5 Å². The lowest BCUT2D eigenvalue weighted by Gasteiger charge is -2.15. The summed E-state index contributed by atoms with van der Waals surface area (Å²) in [4.78, 5) is 16.1. The molecule has 0 aliphatic carbocycles. The van der Waals surface area contributed by atoms with Crippen LogP contribution in [0, 0.1) is 11.3 Å². The summed E-state index contributed by atoms with van der Waals surface area (Å²) in [6, 6.07) is 14.7. The van der Waals surface area contributed by atoms with E-state index in [-0.39, 0.29) is 17.6 Å². The normalized spacial score (nSPS) is 11.4. The summed E-state index contributed by atoms with van der Waals surface area (Å²) in [5.74, 6) is 0.0257. The average molecular weight is 300 g/mol. The monoisotopic (exact) mass is 299 g/mol. The number of hydrogen-bond donors (Lipinski definition) is 1. The molecule has 106 valence electrons. The third kappa shape index (κ3) is 4.30. The molecule has 0 saturated carbocycles. The topological polar surface area (TPSA) is 65.8 Å². The number of amides is 1. The lowest BCUT2D eigenvalue weighted by molar-refractivity contribution is 0.0935. The first-order valence-electron chi connectivity index (χ1n) is 6.50. The van der Waals surface area contributed by atoms with Crippen LogP contribution >= 0.6 is 11.6 Å². The SMILES string of the molecule is N#Cc1ccc(C(=O)NC(CCl)Cc2ccccc2)nc1. The summed E-state index contributed by atoms with van der Waals surface area (Å²) in [5, 5.41) is 11.6. The lowest BCUT2D eigenvalue weighted by Crippen LogP contribution is -2.38. The van der Waals surface area contributed by atoms with Crippen LogP contribution in [0.15, 0.2) is 48.7 Å². The van der Waals surface area contributed by atoms with Crippen molar-refractivity contribution in [3.63, 3.8) is 0 Å². The molecule has 0 spiro atoms. The largest absolute Gasteiger partial charge is 0.346 e. The molecule has 2 rings (SSSR count). The second-order valence-electron chi connectivity index (χ2n) is 4.56. The van der Waals surface area contributed by atoms with Gasteiger partial charge in [0.25, 0.3) is 5.91 Å². The van der Waals surface area contributed by atoms with Crippen LogP contribution in [-0.2, 0) is 6.42 Å². The predicted molar refractivity (Wildman–Crippen MR) is 81.1 cm³/mol. The predicted octanol–water partition coefficient (Wildman–Crippen LogP) is 2.53. The maximum Gasteiger partial charge on any atom is 0.270 e. The fourth-order valence-corrected chi connectivity index (χ4v) is 2.08. The van der Waals surface area contributed by atoms with Gasteiger partial charge in [-0.1, -0.05) is 30.3 Å². The molecular weight excluding hydrogens is 286 g/mol. The maximum absolute atomic E-state index is 12.1. The van der Waals surface area contributed by atoms with Gasteiger partial charge in [0.1, 0.15) is 11.8 Å². The second kappa shape index (κ2) is 7.41. The fraction of sp³-hybridized carbons (Fsp3) is 0.188. The number of nitrogens with one attached hydrogen (secondary N) is 1. The summed E-state index contributed by atoms with van der Waals surface area (Å²) >= 11 is 5.92. The van der Waals surface area contributed by atoms with E-state index in [0.717, 1.165) is 5.56 Å². The van der Waals surface area contributed by atoms with Crippen LogP contribution in [0.25, 0.3) is 0 Å². The molecule has 5 heteroatoms. The van der Waals surface area contributed by atoms with Gasteiger partial charge < -0.3 is 5.32 Å². The highest BCUT2D eigenvalue weighted by Crippen LogP contribution is 2.06. The molecule has 0 aliphatic heterocycles. The van der Waals surface area contributed by atoms with Crippen molar-refractivity contribution >= 4 is 17.5 Å². The molecule has 2 aromatic rings. The Kier molecular flexibility index (Phi) is 5.30. The Labute approximate surface area is 128 Å². The number of alkyl halides is 1. The van der Waals surface area contributed by atoms with E-state index in [1.807, 2.05) is 36.4 Å². The van der Waals surface area contributed by atoms with E-state index in [0.29, 0.717) is 17.9 Å². The Hall–Kier alpha value is -2.38. The molecule has 0 radical (unpaired) electrons. The molecule has 0 fully saturated rings. The van der Waals surface area contributed by atoms with Crippen LogP contribution in [-0.4, -0.2) is 22.8 Å². The minimum Gasteiger partial charge on any atom is -0.346 e. The second-order valence-corrected chi connectivity index (χ2v) is 4.87. The number of halogens is 1. The van der Waals surface area contributed by atoms with Crippen molar-refractivity contribution in [2.75, 3.05) is 5.88 Å². The Bertz CT molecular complexity index is 635. The van der Waals surface area contributed by atoms with Gasteiger partial charge in [0.2, 0.25) is 0 Å². The van der Waals surface area contributed by atoms with Crippen molar-refractivity contribution in [1.82, 2.24) is 10.3 Å². The van der Waals surface area contributed by atoms with Gasteiger partial charge in [0, 0.05) is 18.1 Å². The van der Waals surface area contributed by atoms with Crippen LogP contribution in [0.1, 0.15) is 21.6 Å². The highest BCUT2D eigenvalue weighted by molar-refractivity contribution is 6.18. The van der Waals surface area contributed by atoms with Gasteiger partial charge >= 0.3 is 0 Å². The van der Waals surface area contributed by atoms with E-state index >= 15 is 0 Å². The smallest absolute Gasteiger partial charge is 0.270 e. The molecule has 1 amide bonds. The number of rotatable bonds is 5. The number of carbonyl (C=O) groups is 1. The zero-order valence-corrected chi connectivity index (χ0v) is 12.0. The zero-order valence-electron chi connectivity index (χ0n) is 11.3. The summed E-state index contributed by atoms with van der Waals surface area (Å²) in [5.41, 5.74) is 1.80. The number of nitrogens with zero attached hydrogens (tertiary/aromatic N) is 2. The molecule has 1 N–H and O–H groups in total. The molecule has 4 nitrogen and oxygen atoms in total. The quantitative estimate of drug-likeness (QED) is 0.863. The number of nitriles is 1. The molecule has 0 bridgehead atoms. The standard InChI is InChI=1S/C16H14ClN3O/c17-9-14(8-12-4-2-1-3-5-12)20-16(21)15-7-6-13(10-18)11-19-15/h1-7,11,14H,8-9H2,(H,20,21). The average Bonchev–Trinajstić information content (AvgIpc) is 2.55. The number of benzene rings is 1. The first kappa shape index (κ1) is 15.0. The molecular formula is C16H14ClN3O. The van der Waals surface area contributed by atoms with Gasteiger partial charge in [0.05, 0.1) is 5.56 Å². The fourth-order valence-electron chi connectivity index (χ4n) is 1.90. The molecule has 0 saturated heterocycles. The van der Waals surface area contributed by atoms with E-state index in [1.165, 1.54) is 12.3 Å². The molecule has 1 aromatic heterocycles. The highest BCUT2D eigenvalue weighted by Gasteiger charge is 2.14. The van der Waals surface area contributed by atoms with E-state index in [9.17, 15) is 4.79 Å². The minimum absolute atomic E-state index is 0.168. The molecule has 0 aliphatic rings. The Morgan fingerprint density at radius 2 is 2.05 bits per heavy atom. The third-order valence-electron chi connectivity index (χ3n) is 2.97. The first-order valence-corrected chi connectivity index (χ1v) is 7.03. The van der Waals surface area contributed by atoms with Crippen LogP contribution in [0.4, 0.5) is 0 Å². The van der Waals surface area contributed by atoms with Crippen molar-refractivity contribution < 1.29 is 4.79 Å². The van der Waals surface area contributed by atoms with E-state index in [2.05, 4.69) is 10.3 Å². The van der Waals surface area contributed by atoms with Crippen LogP contribution in [0.5, 0.6) is 0 Å². The van der Waals surface area contributed by atoms with Gasteiger partial charge in [-0.15, -0.1) is 11.6 Å². The highest BCUT2D eigenvalue weighted by atomic mass is 35.5. The van der Waals surface area contributed by atoms with Crippen LogP contribution in [0.3, 0.4) is 0 Å². The summed E-state index contributed by atoms with van der Waals surface area (Å²) < 4.78 is 0. The number of pyridine rings is 1. The summed E-state index contributed by atoms with van der Waals surface area (Å²) in [7, 11) is 0. The van der Waals surface area contributed by atoms with E-state index in [4.69, 9.17) is 16.9 Å². The zero-order chi connectivity index (χ0) is 15.1. The van der Waals surface area contributed by atoms with Crippen molar-refractivity contribution in [1.29, 1.82) is 5.26 Å². The third-order valence-corrected chi connectivity index (χ3v) is 3.34. The molecule has 21 heavy (non-hydrogen) atoms. The summed E-state index contributed by atoms with van der Waals surface area (Å²) in [6.07, 6.45) is 2.04.